The van der Waals surface area contributed by atoms with Crippen molar-refractivity contribution in [3.05, 3.63) is 24.3 Å². The highest BCUT2D eigenvalue weighted by atomic mass is 16.5. The third-order valence-corrected chi connectivity index (χ3v) is 2.71. The van der Waals surface area contributed by atoms with Crippen LogP contribution in [0.3, 0.4) is 0 Å². The van der Waals surface area contributed by atoms with E-state index in [1.807, 2.05) is 38.1 Å². The summed E-state index contributed by atoms with van der Waals surface area (Å²) in [6.45, 7) is 5.33. The minimum Gasteiger partial charge on any atom is -0.497 e. The minimum absolute atomic E-state index is 0.334. The van der Waals surface area contributed by atoms with Gasteiger partial charge >= 0.3 is 6.01 Å². The van der Waals surface area contributed by atoms with E-state index in [9.17, 15) is 0 Å². The fourth-order valence-corrected chi connectivity index (χ4v) is 1.74. The second kappa shape index (κ2) is 7.42. The first-order valence-corrected chi connectivity index (χ1v) is 7.04. The van der Waals surface area contributed by atoms with Crippen molar-refractivity contribution >= 4 is 5.95 Å². The molecule has 0 aliphatic heterocycles. The van der Waals surface area contributed by atoms with E-state index in [0.29, 0.717) is 24.4 Å². The predicted molar refractivity (Wildman–Crippen MR) is 81.8 cm³/mol. The lowest BCUT2D eigenvalue weighted by molar-refractivity contribution is 0.292. The molecule has 1 N–H and O–H groups in total. The fraction of sp³-hybridized carbons (Fsp3) is 0.400. The van der Waals surface area contributed by atoms with Gasteiger partial charge in [-0.1, -0.05) is 19.1 Å². The quantitative estimate of drug-likeness (QED) is 0.845. The summed E-state index contributed by atoms with van der Waals surface area (Å²) in [5, 5.41) is 3.09. The predicted octanol–water partition coefficient (Wildman–Crippen LogP) is 2.77. The van der Waals surface area contributed by atoms with Crippen molar-refractivity contribution in [2.75, 3.05) is 25.6 Å². The van der Waals surface area contributed by atoms with E-state index in [2.05, 4.69) is 20.3 Å². The van der Waals surface area contributed by atoms with Gasteiger partial charge in [0, 0.05) is 12.1 Å². The number of anilines is 1. The van der Waals surface area contributed by atoms with Crippen molar-refractivity contribution in [1.82, 2.24) is 15.0 Å². The van der Waals surface area contributed by atoms with Crippen LogP contribution in [-0.4, -0.2) is 35.2 Å². The Balaban J connectivity index is 2.37. The molecule has 112 valence electrons. The molecule has 2 aromatic rings. The lowest BCUT2D eigenvalue weighted by Crippen LogP contribution is -2.08. The van der Waals surface area contributed by atoms with Crippen LogP contribution in [0.1, 0.15) is 20.3 Å². The normalized spacial score (nSPS) is 10.2. The van der Waals surface area contributed by atoms with E-state index in [4.69, 9.17) is 9.47 Å². The van der Waals surface area contributed by atoms with Gasteiger partial charge in [0.1, 0.15) is 5.75 Å². The van der Waals surface area contributed by atoms with Gasteiger partial charge in [-0.3, -0.25) is 0 Å². The van der Waals surface area contributed by atoms with Gasteiger partial charge in [-0.25, -0.2) is 0 Å². The first-order chi connectivity index (χ1) is 10.3. The van der Waals surface area contributed by atoms with E-state index >= 15 is 0 Å². The van der Waals surface area contributed by atoms with E-state index in [1.165, 1.54) is 0 Å². The largest absolute Gasteiger partial charge is 0.497 e. The number of methoxy groups -OCH3 is 1. The molecule has 1 aromatic carbocycles. The molecule has 0 atom stereocenters. The van der Waals surface area contributed by atoms with Gasteiger partial charge in [0.05, 0.1) is 13.7 Å². The van der Waals surface area contributed by atoms with Gasteiger partial charge in [0.2, 0.25) is 5.95 Å². The third-order valence-electron chi connectivity index (χ3n) is 2.71. The summed E-state index contributed by atoms with van der Waals surface area (Å²) in [6, 6.07) is 7.92. The van der Waals surface area contributed by atoms with Crippen LogP contribution < -0.4 is 14.8 Å². The summed E-state index contributed by atoms with van der Waals surface area (Å²) in [5.41, 5.74) is 0.859. The highest BCUT2D eigenvalue weighted by Crippen LogP contribution is 2.23. The van der Waals surface area contributed by atoms with E-state index in [0.717, 1.165) is 24.3 Å². The Labute approximate surface area is 124 Å². The zero-order valence-electron chi connectivity index (χ0n) is 12.6. The van der Waals surface area contributed by atoms with Crippen LogP contribution in [0.2, 0.25) is 0 Å². The standard InChI is InChI=1S/C15H20N4O2/c1-4-9-21-15-18-13(17-14(19-15)16-5-2)11-7-6-8-12(10-11)20-3/h6-8,10H,4-5,9H2,1-3H3,(H,16,17,18,19). The van der Waals surface area contributed by atoms with Gasteiger partial charge < -0.3 is 14.8 Å². The van der Waals surface area contributed by atoms with E-state index in [1.54, 1.807) is 7.11 Å². The molecule has 1 aromatic heterocycles. The van der Waals surface area contributed by atoms with E-state index < -0.39 is 0 Å². The second-order valence-electron chi connectivity index (χ2n) is 4.38. The zero-order valence-corrected chi connectivity index (χ0v) is 12.6. The Morgan fingerprint density at radius 2 is 2.00 bits per heavy atom. The van der Waals surface area contributed by atoms with Crippen LogP contribution in [0.4, 0.5) is 5.95 Å². The molecule has 6 heteroatoms. The van der Waals surface area contributed by atoms with Gasteiger partial charge in [0.25, 0.3) is 0 Å². The molecular weight excluding hydrogens is 268 g/mol. The highest BCUT2D eigenvalue weighted by molar-refractivity contribution is 5.58. The fourth-order valence-electron chi connectivity index (χ4n) is 1.74. The third kappa shape index (κ3) is 4.05. The van der Waals surface area contributed by atoms with Crippen LogP contribution in [0, 0.1) is 0 Å². The average molecular weight is 288 g/mol. The number of nitrogens with zero attached hydrogens (tertiary/aromatic N) is 3. The van der Waals surface area contributed by atoms with Crippen molar-refractivity contribution < 1.29 is 9.47 Å². The Morgan fingerprint density at radius 3 is 2.71 bits per heavy atom. The van der Waals surface area contributed by atoms with Crippen molar-refractivity contribution in [3.8, 4) is 23.1 Å². The molecule has 0 bridgehead atoms. The highest BCUT2D eigenvalue weighted by Gasteiger charge is 2.09. The molecule has 0 radical (unpaired) electrons. The van der Waals surface area contributed by atoms with Gasteiger partial charge in [-0.15, -0.1) is 0 Å². The molecule has 1 heterocycles. The SMILES string of the molecule is CCCOc1nc(NCC)nc(-c2cccc(OC)c2)n1. The number of rotatable bonds is 7. The summed E-state index contributed by atoms with van der Waals surface area (Å²) in [5.74, 6) is 1.83. The van der Waals surface area contributed by atoms with Gasteiger partial charge in [-0.05, 0) is 25.5 Å². The van der Waals surface area contributed by atoms with Gasteiger partial charge in [-0.2, -0.15) is 15.0 Å². The summed E-state index contributed by atoms with van der Waals surface area (Å²) < 4.78 is 10.8. The molecule has 0 amide bonds. The van der Waals surface area contributed by atoms with Crippen molar-refractivity contribution in [2.24, 2.45) is 0 Å². The van der Waals surface area contributed by atoms with Crippen LogP contribution in [0.15, 0.2) is 24.3 Å². The Hall–Kier alpha value is -2.37. The summed E-state index contributed by atoms with van der Waals surface area (Å²) in [7, 11) is 1.63. The maximum absolute atomic E-state index is 5.53. The minimum atomic E-state index is 0.334. The monoisotopic (exact) mass is 288 g/mol. The zero-order chi connectivity index (χ0) is 15.1. The lowest BCUT2D eigenvalue weighted by atomic mass is 10.2. The average Bonchev–Trinajstić information content (AvgIpc) is 2.53. The van der Waals surface area contributed by atoms with Crippen molar-refractivity contribution in [3.63, 3.8) is 0 Å². The number of hydrogen-bond donors (Lipinski definition) is 1. The van der Waals surface area contributed by atoms with Gasteiger partial charge in [0.15, 0.2) is 5.82 Å². The Kier molecular flexibility index (Phi) is 5.31. The van der Waals surface area contributed by atoms with Crippen LogP contribution in [-0.2, 0) is 0 Å². The second-order valence-corrected chi connectivity index (χ2v) is 4.38. The number of hydrogen-bond acceptors (Lipinski definition) is 6. The molecule has 0 fully saturated rings. The summed E-state index contributed by atoms with van der Waals surface area (Å²) in [6.07, 6.45) is 0.900. The number of ether oxygens (including phenoxy) is 2. The molecule has 0 saturated heterocycles. The molecular formula is C15H20N4O2. The summed E-state index contributed by atoms with van der Waals surface area (Å²) >= 11 is 0. The lowest BCUT2D eigenvalue weighted by Gasteiger charge is -2.09. The number of aromatic nitrogens is 3. The molecule has 6 nitrogen and oxygen atoms in total. The molecule has 0 aliphatic rings. The first kappa shape index (κ1) is 15.0. The topological polar surface area (TPSA) is 69.2 Å². The number of nitrogens with one attached hydrogen (secondary N) is 1. The molecule has 2 rings (SSSR count). The Morgan fingerprint density at radius 1 is 1.14 bits per heavy atom. The molecule has 0 saturated carbocycles. The van der Waals surface area contributed by atoms with Crippen LogP contribution in [0.25, 0.3) is 11.4 Å². The van der Waals surface area contributed by atoms with Crippen molar-refractivity contribution in [1.29, 1.82) is 0 Å². The van der Waals surface area contributed by atoms with E-state index in [-0.39, 0.29) is 0 Å². The molecule has 0 spiro atoms. The molecule has 0 unspecified atom stereocenters. The first-order valence-electron chi connectivity index (χ1n) is 7.04. The maximum atomic E-state index is 5.53. The molecule has 21 heavy (non-hydrogen) atoms. The number of benzene rings is 1. The molecule has 0 aliphatic carbocycles. The van der Waals surface area contributed by atoms with Crippen LogP contribution >= 0.6 is 0 Å². The Bertz CT molecular complexity index is 590. The van der Waals surface area contributed by atoms with Crippen LogP contribution in [0.5, 0.6) is 11.8 Å². The summed E-state index contributed by atoms with van der Waals surface area (Å²) in [4.78, 5) is 13.0. The smallest absolute Gasteiger partial charge is 0.321 e. The maximum Gasteiger partial charge on any atom is 0.321 e. The van der Waals surface area contributed by atoms with Crippen molar-refractivity contribution in [2.45, 2.75) is 20.3 Å².